The molecule has 0 saturated carbocycles. The van der Waals surface area contributed by atoms with Crippen LogP contribution in [-0.4, -0.2) is 5.11 Å². The van der Waals surface area contributed by atoms with Crippen molar-refractivity contribution in [2.24, 2.45) is 0 Å². The van der Waals surface area contributed by atoms with Gasteiger partial charge in [0.1, 0.15) is 11.6 Å². The van der Waals surface area contributed by atoms with Crippen molar-refractivity contribution >= 4 is 11.8 Å². The van der Waals surface area contributed by atoms with Crippen molar-refractivity contribution in [2.45, 2.75) is 22.8 Å². The van der Waals surface area contributed by atoms with E-state index in [0.717, 1.165) is 4.90 Å². The van der Waals surface area contributed by atoms with Crippen LogP contribution >= 0.6 is 11.8 Å². The van der Waals surface area contributed by atoms with Crippen LogP contribution in [0.5, 0.6) is 0 Å². The summed E-state index contributed by atoms with van der Waals surface area (Å²) in [5.41, 5.74) is 0.532. The second-order valence-electron chi connectivity index (χ2n) is 3.89. The Labute approximate surface area is 108 Å². The SMILES string of the molecule is C[C@@H](O)c1cccc(F)c1Sc1ccc(F)cc1. The Morgan fingerprint density at radius 1 is 1.06 bits per heavy atom. The molecule has 0 aliphatic heterocycles. The number of aliphatic hydroxyl groups is 1. The summed E-state index contributed by atoms with van der Waals surface area (Å²) in [5.74, 6) is -0.716. The molecule has 18 heavy (non-hydrogen) atoms. The first-order chi connectivity index (χ1) is 8.58. The number of halogens is 2. The first-order valence-electron chi connectivity index (χ1n) is 5.48. The van der Waals surface area contributed by atoms with Crippen molar-refractivity contribution in [1.82, 2.24) is 0 Å². The largest absolute Gasteiger partial charge is 0.389 e. The lowest BCUT2D eigenvalue weighted by Gasteiger charge is -2.12. The standard InChI is InChI=1S/C14H12F2OS/c1-9(17)12-3-2-4-13(16)14(12)18-11-7-5-10(15)6-8-11/h2-9,17H,1H3/t9-/m1/s1. The van der Waals surface area contributed by atoms with Gasteiger partial charge in [0.25, 0.3) is 0 Å². The van der Waals surface area contributed by atoms with Crippen LogP contribution in [0.15, 0.2) is 52.3 Å². The molecule has 1 atom stereocenters. The van der Waals surface area contributed by atoms with Gasteiger partial charge in [-0.3, -0.25) is 0 Å². The van der Waals surface area contributed by atoms with Gasteiger partial charge in [0, 0.05) is 4.90 Å². The van der Waals surface area contributed by atoms with E-state index >= 15 is 0 Å². The predicted octanol–water partition coefficient (Wildman–Crippen LogP) is 4.17. The van der Waals surface area contributed by atoms with Crippen LogP contribution in [0.2, 0.25) is 0 Å². The van der Waals surface area contributed by atoms with Crippen LogP contribution in [0.1, 0.15) is 18.6 Å². The molecule has 4 heteroatoms. The number of hydrogen-bond donors (Lipinski definition) is 1. The number of hydrogen-bond acceptors (Lipinski definition) is 2. The summed E-state index contributed by atoms with van der Waals surface area (Å²) in [5, 5.41) is 9.61. The maximum Gasteiger partial charge on any atom is 0.137 e. The summed E-state index contributed by atoms with van der Waals surface area (Å²) in [4.78, 5) is 1.10. The van der Waals surface area contributed by atoms with Crippen molar-refractivity contribution in [1.29, 1.82) is 0 Å². The molecule has 2 rings (SSSR count). The zero-order valence-electron chi connectivity index (χ0n) is 9.73. The van der Waals surface area contributed by atoms with E-state index in [0.29, 0.717) is 10.5 Å². The maximum absolute atomic E-state index is 13.8. The van der Waals surface area contributed by atoms with Crippen LogP contribution in [0.25, 0.3) is 0 Å². The van der Waals surface area contributed by atoms with Crippen LogP contribution < -0.4 is 0 Å². The third-order valence-electron chi connectivity index (χ3n) is 2.48. The summed E-state index contributed by atoms with van der Waals surface area (Å²) in [7, 11) is 0. The van der Waals surface area contributed by atoms with Crippen molar-refractivity contribution < 1.29 is 13.9 Å². The molecule has 2 aromatic rings. The fraction of sp³-hybridized carbons (Fsp3) is 0.143. The van der Waals surface area contributed by atoms with E-state index in [-0.39, 0.29) is 11.6 Å². The first kappa shape index (κ1) is 13.1. The molecule has 0 aliphatic carbocycles. The quantitative estimate of drug-likeness (QED) is 0.899. The molecular weight excluding hydrogens is 254 g/mol. The van der Waals surface area contributed by atoms with Gasteiger partial charge in [-0.05, 0) is 42.8 Å². The van der Waals surface area contributed by atoms with E-state index < -0.39 is 6.10 Å². The smallest absolute Gasteiger partial charge is 0.137 e. The minimum Gasteiger partial charge on any atom is -0.389 e. The molecule has 2 aromatic carbocycles. The lowest BCUT2D eigenvalue weighted by molar-refractivity contribution is 0.195. The maximum atomic E-state index is 13.8. The molecule has 0 fully saturated rings. The fourth-order valence-corrected chi connectivity index (χ4v) is 2.61. The third kappa shape index (κ3) is 2.89. The van der Waals surface area contributed by atoms with Crippen LogP contribution in [0.4, 0.5) is 8.78 Å². The molecule has 1 nitrogen and oxygen atoms in total. The molecule has 0 unspecified atom stereocenters. The number of benzene rings is 2. The summed E-state index contributed by atoms with van der Waals surface area (Å²) in [6, 6.07) is 10.4. The normalized spacial score (nSPS) is 12.4. The van der Waals surface area contributed by atoms with E-state index in [9.17, 15) is 13.9 Å². The molecule has 0 bridgehead atoms. The van der Waals surface area contributed by atoms with Crippen molar-refractivity contribution in [3.63, 3.8) is 0 Å². The summed E-state index contributed by atoms with van der Waals surface area (Å²) in [6.07, 6.45) is -0.747. The predicted molar refractivity (Wildman–Crippen MR) is 67.6 cm³/mol. The Kier molecular flexibility index (Phi) is 3.99. The molecule has 0 radical (unpaired) electrons. The topological polar surface area (TPSA) is 20.2 Å². The van der Waals surface area contributed by atoms with Gasteiger partial charge in [0.2, 0.25) is 0 Å². The Morgan fingerprint density at radius 2 is 1.72 bits per heavy atom. The van der Waals surface area contributed by atoms with Crippen LogP contribution in [0.3, 0.4) is 0 Å². The Morgan fingerprint density at radius 3 is 2.33 bits per heavy atom. The van der Waals surface area contributed by atoms with Gasteiger partial charge in [-0.25, -0.2) is 8.78 Å². The van der Waals surface area contributed by atoms with Crippen molar-refractivity contribution in [3.8, 4) is 0 Å². The second-order valence-corrected chi connectivity index (χ2v) is 4.97. The van der Waals surface area contributed by atoms with Crippen molar-refractivity contribution in [2.75, 3.05) is 0 Å². The van der Waals surface area contributed by atoms with Gasteiger partial charge in [-0.1, -0.05) is 23.9 Å². The van der Waals surface area contributed by atoms with Crippen LogP contribution in [0, 0.1) is 11.6 Å². The van der Waals surface area contributed by atoms with E-state index in [1.165, 1.54) is 30.0 Å². The molecule has 0 amide bonds. The summed E-state index contributed by atoms with van der Waals surface area (Å²) >= 11 is 1.18. The minimum absolute atomic E-state index is 0.330. The van der Waals surface area contributed by atoms with Crippen LogP contribution in [-0.2, 0) is 0 Å². The highest BCUT2D eigenvalue weighted by Gasteiger charge is 2.13. The van der Waals surface area contributed by atoms with Gasteiger partial charge >= 0.3 is 0 Å². The molecule has 0 aliphatic rings. The van der Waals surface area contributed by atoms with Gasteiger partial charge in [-0.2, -0.15) is 0 Å². The summed E-state index contributed by atoms with van der Waals surface area (Å²) in [6.45, 7) is 1.59. The van der Waals surface area contributed by atoms with Gasteiger partial charge < -0.3 is 5.11 Å². The Hall–Kier alpha value is -1.39. The average Bonchev–Trinajstić information content (AvgIpc) is 2.34. The molecule has 0 aromatic heterocycles. The molecule has 1 N–H and O–H groups in total. The average molecular weight is 266 g/mol. The van der Waals surface area contributed by atoms with Gasteiger partial charge in [-0.15, -0.1) is 0 Å². The minimum atomic E-state index is -0.747. The Balaban J connectivity index is 2.36. The number of aliphatic hydroxyl groups excluding tert-OH is 1. The highest BCUT2D eigenvalue weighted by Crippen LogP contribution is 2.35. The second kappa shape index (κ2) is 5.50. The Bertz CT molecular complexity index is 538. The van der Waals surface area contributed by atoms with E-state index in [2.05, 4.69) is 0 Å². The van der Waals surface area contributed by atoms with E-state index in [1.54, 1.807) is 31.2 Å². The van der Waals surface area contributed by atoms with E-state index in [1.807, 2.05) is 0 Å². The fourth-order valence-electron chi connectivity index (χ4n) is 1.58. The molecule has 0 spiro atoms. The zero-order chi connectivity index (χ0) is 13.1. The van der Waals surface area contributed by atoms with Gasteiger partial charge in [0.05, 0.1) is 11.0 Å². The number of rotatable bonds is 3. The van der Waals surface area contributed by atoms with Crippen molar-refractivity contribution in [3.05, 3.63) is 59.7 Å². The molecule has 94 valence electrons. The monoisotopic (exact) mass is 266 g/mol. The van der Waals surface area contributed by atoms with E-state index in [4.69, 9.17) is 0 Å². The highest BCUT2D eigenvalue weighted by atomic mass is 32.2. The summed E-state index contributed by atoms with van der Waals surface area (Å²) < 4.78 is 26.6. The zero-order valence-corrected chi connectivity index (χ0v) is 10.5. The third-order valence-corrected chi connectivity index (χ3v) is 3.62. The molecule has 0 saturated heterocycles. The first-order valence-corrected chi connectivity index (χ1v) is 6.29. The lowest BCUT2D eigenvalue weighted by Crippen LogP contribution is -1.96. The lowest BCUT2D eigenvalue weighted by atomic mass is 10.1. The molecular formula is C14H12F2OS. The highest BCUT2D eigenvalue weighted by molar-refractivity contribution is 7.99. The van der Waals surface area contributed by atoms with Gasteiger partial charge in [0.15, 0.2) is 0 Å². The molecule has 0 heterocycles.